The number of benzene rings is 2. The normalized spacial score (nSPS) is 10.8. The Morgan fingerprint density at radius 3 is 2.39 bits per heavy atom. The highest BCUT2D eigenvalue weighted by molar-refractivity contribution is 7.71. The molecule has 2 aromatic carbocycles. The van der Waals surface area contributed by atoms with Gasteiger partial charge in [-0.15, -0.1) is 5.10 Å². The van der Waals surface area contributed by atoms with E-state index in [9.17, 15) is 9.18 Å². The van der Waals surface area contributed by atoms with E-state index in [2.05, 4.69) is 10.4 Å². The molecule has 0 atom stereocenters. The van der Waals surface area contributed by atoms with Crippen LogP contribution in [0.5, 0.6) is 0 Å². The van der Waals surface area contributed by atoms with Gasteiger partial charge in [0.2, 0.25) is 10.7 Å². The van der Waals surface area contributed by atoms with Crippen LogP contribution in [0.3, 0.4) is 0 Å². The van der Waals surface area contributed by atoms with Crippen LogP contribution < -0.4 is 5.32 Å². The van der Waals surface area contributed by atoms with E-state index in [-0.39, 0.29) is 12.2 Å². The Kier molecular flexibility index (Phi) is 4.86. The Hall–Kier alpha value is -3.52. The van der Waals surface area contributed by atoms with Gasteiger partial charge in [-0.25, -0.2) is 13.7 Å². The molecule has 0 radical (unpaired) electrons. The fraction of sp³-hybridized carbons (Fsp3) is 0.0500. The molecule has 8 heteroatoms. The minimum Gasteiger partial charge on any atom is -0.322 e. The van der Waals surface area contributed by atoms with E-state index in [1.807, 2.05) is 54.9 Å². The van der Waals surface area contributed by atoms with Gasteiger partial charge >= 0.3 is 0 Å². The maximum absolute atomic E-state index is 13.8. The second-order valence-electron chi connectivity index (χ2n) is 6.03. The van der Waals surface area contributed by atoms with Crippen molar-refractivity contribution in [3.8, 4) is 11.4 Å². The van der Waals surface area contributed by atoms with Gasteiger partial charge in [0.05, 0.1) is 5.69 Å². The number of halogens is 1. The van der Waals surface area contributed by atoms with Crippen LogP contribution in [0.25, 0.3) is 11.4 Å². The number of aromatic nitrogens is 4. The van der Waals surface area contributed by atoms with Crippen molar-refractivity contribution in [1.29, 1.82) is 0 Å². The fourth-order valence-electron chi connectivity index (χ4n) is 2.82. The Balaban J connectivity index is 1.69. The number of carbonyl (C=O) groups is 1. The van der Waals surface area contributed by atoms with Crippen molar-refractivity contribution in [2.45, 2.75) is 6.54 Å². The van der Waals surface area contributed by atoms with E-state index in [1.165, 1.54) is 16.8 Å². The predicted molar refractivity (Wildman–Crippen MR) is 107 cm³/mol. The second-order valence-corrected chi connectivity index (χ2v) is 6.40. The first-order valence-corrected chi connectivity index (χ1v) is 8.97. The molecule has 4 rings (SSSR count). The highest BCUT2D eigenvalue weighted by Crippen LogP contribution is 2.19. The number of nitrogens with one attached hydrogen (secondary N) is 1. The molecule has 0 aliphatic carbocycles. The first kappa shape index (κ1) is 17.9. The largest absolute Gasteiger partial charge is 0.322 e. The minimum absolute atomic E-state index is 0.118. The summed E-state index contributed by atoms with van der Waals surface area (Å²) in [6, 6.07) is 19.3. The summed E-state index contributed by atoms with van der Waals surface area (Å²) in [5.41, 5.74) is 0.975. The minimum atomic E-state index is -0.498. The highest BCUT2D eigenvalue weighted by Gasteiger charge is 2.16. The Bertz CT molecular complexity index is 1170. The SMILES string of the molecule is O=C(Cn1nc(-c2ccccc2)n(-n2cccc2)c1=S)Nc1ccccc1F. The fourth-order valence-corrected chi connectivity index (χ4v) is 3.11. The van der Waals surface area contributed by atoms with Gasteiger partial charge in [-0.05, 0) is 36.5 Å². The smallest absolute Gasteiger partial charge is 0.246 e. The van der Waals surface area contributed by atoms with Gasteiger partial charge in [0.1, 0.15) is 12.4 Å². The van der Waals surface area contributed by atoms with Gasteiger partial charge in [0, 0.05) is 18.0 Å². The number of anilines is 1. The van der Waals surface area contributed by atoms with Crippen LogP contribution in [-0.4, -0.2) is 25.0 Å². The third-order valence-electron chi connectivity index (χ3n) is 4.11. The maximum atomic E-state index is 13.8. The van der Waals surface area contributed by atoms with Crippen LogP contribution in [0, 0.1) is 10.6 Å². The number of amides is 1. The van der Waals surface area contributed by atoms with Gasteiger partial charge < -0.3 is 5.32 Å². The van der Waals surface area contributed by atoms with Crippen LogP contribution >= 0.6 is 12.2 Å². The lowest BCUT2D eigenvalue weighted by Gasteiger charge is -2.07. The van der Waals surface area contributed by atoms with Gasteiger partial charge in [-0.3, -0.25) is 9.47 Å². The van der Waals surface area contributed by atoms with E-state index in [1.54, 1.807) is 21.5 Å². The van der Waals surface area contributed by atoms with Crippen molar-refractivity contribution in [1.82, 2.24) is 19.1 Å². The van der Waals surface area contributed by atoms with E-state index in [0.29, 0.717) is 10.6 Å². The number of hydrogen-bond acceptors (Lipinski definition) is 3. The molecule has 4 aromatic rings. The Labute approximate surface area is 165 Å². The molecular weight excluding hydrogens is 377 g/mol. The van der Waals surface area contributed by atoms with Gasteiger partial charge in [0.25, 0.3) is 0 Å². The number of nitrogens with zero attached hydrogens (tertiary/aromatic N) is 4. The number of hydrogen-bond donors (Lipinski definition) is 1. The summed E-state index contributed by atoms with van der Waals surface area (Å²) < 4.78 is 19.1. The van der Waals surface area contributed by atoms with E-state index >= 15 is 0 Å². The standard InChI is InChI=1S/C20H16FN5OS/c21-16-10-4-5-11-17(16)22-18(27)14-25-20(28)26(24-12-6-7-13-24)19(23-25)15-8-2-1-3-9-15/h1-13H,14H2,(H,22,27). The van der Waals surface area contributed by atoms with Crippen molar-refractivity contribution in [3.05, 3.63) is 89.7 Å². The third kappa shape index (κ3) is 3.49. The van der Waals surface area contributed by atoms with Crippen molar-refractivity contribution in [2.75, 3.05) is 5.32 Å². The molecule has 0 unspecified atom stereocenters. The molecular formula is C20H16FN5OS. The van der Waals surface area contributed by atoms with Crippen LogP contribution in [-0.2, 0) is 11.3 Å². The topological polar surface area (TPSA) is 56.8 Å². The summed E-state index contributed by atoms with van der Waals surface area (Å²) in [4.78, 5) is 12.4. The summed E-state index contributed by atoms with van der Waals surface area (Å²) in [6.07, 6.45) is 3.68. The van der Waals surface area contributed by atoms with E-state index in [4.69, 9.17) is 12.2 Å². The molecule has 0 aliphatic rings. The quantitative estimate of drug-likeness (QED) is 0.522. The average Bonchev–Trinajstić information content (AvgIpc) is 3.33. The first-order chi connectivity index (χ1) is 13.6. The van der Waals surface area contributed by atoms with Crippen molar-refractivity contribution in [3.63, 3.8) is 0 Å². The molecule has 28 heavy (non-hydrogen) atoms. The summed E-state index contributed by atoms with van der Waals surface area (Å²) in [7, 11) is 0. The first-order valence-electron chi connectivity index (χ1n) is 8.57. The molecule has 140 valence electrons. The molecule has 1 N–H and O–H groups in total. The van der Waals surface area contributed by atoms with Gasteiger partial charge in [-0.2, -0.15) is 0 Å². The number of para-hydroxylation sites is 1. The summed E-state index contributed by atoms with van der Waals surface area (Å²) in [6.45, 7) is -0.138. The second kappa shape index (κ2) is 7.61. The summed E-state index contributed by atoms with van der Waals surface area (Å²) >= 11 is 5.56. The zero-order chi connectivity index (χ0) is 19.5. The lowest BCUT2D eigenvalue weighted by atomic mass is 10.2. The molecule has 2 aromatic heterocycles. The third-order valence-corrected chi connectivity index (χ3v) is 4.49. The molecule has 0 bridgehead atoms. The average molecular weight is 393 g/mol. The van der Waals surface area contributed by atoms with E-state index in [0.717, 1.165) is 5.56 Å². The predicted octanol–water partition coefficient (Wildman–Crippen LogP) is 3.97. The lowest BCUT2D eigenvalue weighted by Crippen LogP contribution is -2.20. The molecule has 6 nitrogen and oxygen atoms in total. The molecule has 1 amide bonds. The molecule has 0 saturated carbocycles. The lowest BCUT2D eigenvalue weighted by molar-refractivity contribution is -0.117. The van der Waals surface area contributed by atoms with Crippen LogP contribution in [0.1, 0.15) is 0 Å². The number of carbonyl (C=O) groups excluding carboxylic acids is 1. The van der Waals surface area contributed by atoms with Crippen molar-refractivity contribution >= 4 is 23.8 Å². The van der Waals surface area contributed by atoms with E-state index < -0.39 is 11.7 Å². The molecule has 0 saturated heterocycles. The molecule has 2 heterocycles. The van der Waals surface area contributed by atoms with Gasteiger partial charge in [-0.1, -0.05) is 42.5 Å². The maximum Gasteiger partial charge on any atom is 0.246 e. The van der Waals surface area contributed by atoms with Crippen molar-refractivity contribution < 1.29 is 9.18 Å². The van der Waals surface area contributed by atoms with Crippen LogP contribution in [0.15, 0.2) is 79.1 Å². The van der Waals surface area contributed by atoms with Gasteiger partial charge in [0.15, 0.2) is 5.82 Å². The molecule has 0 aliphatic heterocycles. The number of rotatable bonds is 5. The van der Waals surface area contributed by atoms with Crippen LogP contribution in [0.4, 0.5) is 10.1 Å². The summed E-state index contributed by atoms with van der Waals surface area (Å²) in [5, 5.41) is 7.09. The zero-order valence-electron chi connectivity index (χ0n) is 14.7. The molecule has 0 spiro atoms. The Morgan fingerprint density at radius 2 is 1.68 bits per heavy atom. The monoisotopic (exact) mass is 393 g/mol. The molecule has 0 fully saturated rings. The van der Waals surface area contributed by atoms with Crippen molar-refractivity contribution in [2.24, 2.45) is 0 Å². The highest BCUT2D eigenvalue weighted by atomic mass is 32.1. The Morgan fingerprint density at radius 1 is 1.00 bits per heavy atom. The van der Waals surface area contributed by atoms with Crippen LogP contribution in [0.2, 0.25) is 0 Å². The zero-order valence-corrected chi connectivity index (χ0v) is 15.5. The summed E-state index contributed by atoms with van der Waals surface area (Å²) in [5.74, 6) is -0.319.